The molecule has 7 heteroatoms. The van der Waals surface area contributed by atoms with E-state index in [4.69, 9.17) is 14.2 Å². The number of rotatable bonds is 7. The minimum Gasteiger partial charge on any atom is -0.490 e. The Bertz CT molecular complexity index is 707. The number of carbonyl (C=O) groups is 1. The topological polar surface area (TPSA) is 60.9 Å². The zero-order valence-corrected chi connectivity index (χ0v) is 15.4. The van der Waals surface area contributed by atoms with Crippen LogP contribution in [-0.2, 0) is 4.74 Å². The largest absolute Gasteiger partial charge is 0.490 e. The van der Waals surface area contributed by atoms with E-state index in [9.17, 15) is 4.79 Å². The molecule has 0 fully saturated rings. The number of nitrogens with zero attached hydrogens (tertiary/aromatic N) is 2. The van der Waals surface area contributed by atoms with Gasteiger partial charge in [-0.1, -0.05) is 6.07 Å². The van der Waals surface area contributed by atoms with E-state index in [1.807, 2.05) is 43.3 Å². The van der Waals surface area contributed by atoms with Gasteiger partial charge >= 0.3 is 5.97 Å². The van der Waals surface area contributed by atoms with Crippen LogP contribution in [0.1, 0.15) is 10.5 Å². The van der Waals surface area contributed by atoms with E-state index >= 15 is 0 Å². The fourth-order valence-electron chi connectivity index (χ4n) is 1.94. The number of anilines is 1. The highest BCUT2D eigenvalue weighted by Gasteiger charge is 2.15. The molecule has 0 N–H and O–H groups in total. The Balaban J connectivity index is 1.93. The summed E-state index contributed by atoms with van der Waals surface area (Å²) in [6.45, 7) is 0.618. The van der Waals surface area contributed by atoms with Crippen molar-refractivity contribution in [2.45, 2.75) is 0 Å². The lowest BCUT2D eigenvalue weighted by molar-refractivity contribution is 0.0587. The van der Waals surface area contributed by atoms with Crippen molar-refractivity contribution in [3.05, 3.63) is 46.7 Å². The van der Waals surface area contributed by atoms with Gasteiger partial charge in [0, 0.05) is 25.8 Å². The standard InChI is InChI=1S/C17H19BrN2O4/c1-20(2)12-5-4-6-13(11-12)23-9-10-24-14-7-8-15(18)19-16(14)17(21)22-3/h4-8,11H,9-10H2,1-3H3. The summed E-state index contributed by atoms with van der Waals surface area (Å²) in [5.41, 5.74) is 1.18. The van der Waals surface area contributed by atoms with Crippen LogP contribution in [-0.4, -0.2) is 45.4 Å². The van der Waals surface area contributed by atoms with Crippen LogP contribution in [0.2, 0.25) is 0 Å². The van der Waals surface area contributed by atoms with E-state index in [1.165, 1.54) is 7.11 Å². The van der Waals surface area contributed by atoms with Crippen molar-refractivity contribution in [1.29, 1.82) is 0 Å². The molecule has 0 amide bonds. The molecule has 0 radical (unpaired) electrons. The number of benzene rings is 1. The molecule has 2 aromatic rings. The summed E-state index contributed by atoms with van der Waals surface area (Å²) in [5, 5.41) is 0. The molecule has 0 saturated carbocycles. The van der Waals surface area contributed by atoms with Gasteiger partial charge in [0.15, 0.2) is 11.4 Å². The molecular weight excluding hydrogens is 376 g/mol. The highest BCUT2D eigenvalue weighted by atomic mass is 79.9. The maximum absolute atomic E-state index is 11.7. The summed E-state index contributed by atoms with van der Waals surface area (Å²) in [7, 11) is 5.24. The number of esters is 1. The number of ether oxygens (including phenoxy) is 3. The van der Waals surface area contributed by atoms with Gasteiger partial charge < -0.3 is 19.1 Å². The van der Waals surface area contributed by atoms with Crippen LogP contribution in [0.5, 0.6) is 11.5 Å². The predicted octanol–water partition coefficient (Wildman–Crippen LogP) is 3.15. The lowest BCUT2D eigenvalue weighted by Gasteiger charge is -2.14. The molecular formula is C17H19BrN2O4. The van der Waals surface area contributed by atoms with Crippen molar-refractivity contribution in [3.8, 4) is 11.5 Å². The molecule has 0 bridgehead atoms. The van der Waals surface area contributed by atoms with Crippen molar-refractivity contribution in [2.75, 3.05) is 39.3 Å². The molecule has 1 aromatic carbocycles. The normalized spacial score (nSPS) is 10.2. The first-order chi connectivity index (χ1) is 11.5. The average Bonchev–Trinajstić information content (AvgIpc) is 2.59. The van der Waals surface area contributed by atoms with Crippen LogP contribution < -0.4 is 14.4 Å². The van der Waals surface area contributed by atoms with Gasteiger partial charge in [0.1, 0.15) is 23.6 Å². The smallest absolute Gasteiger partial charge is 0.360 e. The maximum Gasteiger partial charge on any atom is 0.360 e. The molecule has 0 aliphatic carbocycles. The summed E-state index contributed by atoms with van der Waals surface area (Å²) in [6, 6.07) is 11.1. The van der Waals surface area contributed by atoms with E-state index in [0.29, 0.717) is 17.0 Å². The van der Waals surface area contributed by atoms with Crippen LogP contribution in [0.15, 0.2) is 41.0 Å². The van der Waals surface area contributed by atoms with E-state index < -0.39 is 5.97 Å². The molecule has 128 valence electrons. The van der Waals surface area contributed by atoms with Crippen LogP contribution in [0, 0.1) is 0 Å². The van der Waals surface area contributed by atoms with Gasteiger partial charge in [-0.15, -0.1) is 0 Å². The van der Waals surface area contributed by atoms with Crippen molar-refractivity contribution in [1.82, 2.24) is 4.98 Å². The fraction of sp³-hybridized carbons (Fsp3) is 0.294. The van der Waals surface area contributed by atoms with Crippen molar-refractivity contribution >= 4 is 27.6 Å². The quantitative estimate of drug-likeness (QED) is 0.408. The molecule has 6 nitrogen and oxygen atoms in total. The molecule has 0 aliphatic rings. The first kappa shape index (κ1) is 18.1. The third-order valence-electron chi connectivity index (χ3n) is 3.15. The summed E-state index contributed by atoms with van der Waals surface area (Å²) < 4.78 is 16.5. The minimum atomic E-state index is -0.550. The van der Waals surface area contributed by atoms with Crippen LogP contribution in [0.4, 0.5) is 5.69 Å². The molecule has 1 heterocycles. The third kappa shape index (κ3) is 4.86. The second kappa shape index (κ2) is 8.54. The fourth-order valence-corrected chi connectivity index (χ4v) is 2.25. The van der Waals surface area contributed by atoms with Crippen LogP contribution >= 0.6 is 15.9 Å². The highest BCUT2D eigenvalue weighted by Crippen LogP contribution is 2.21. The first-order valence-electron chi connectivity index (χ1n) is 7.29. The van der Waals surface area contributed by atoms with E-state index in [-0.39, 0.29) is 12.3 Å². The van der Waals surface area contributed by atoms with Crippen molar-refractivity contribution in [2.24, 2.45) is 0 Å². The van der Waals surface area contributed by atoms with Crippen molar-refractivity contribution in [3.63, 3.8) is 0 Å². The lowest BCUT2D eigenvalue weighted by Crippen LogP contribution is -2.13. The molecule has 0 saturated heterocycles. The van der Waals surface area contributed by atoms with Crippen LogP contribution in [0.25, 0.3) is 0 Å². The van der Waals surface area contributed by atoms with Crippen LogP contribution in [0.3, 0.4) is 0 Å². The Morgan fingerprint density at radius 3 is 2.62 bits per heavy atom. The van der Waals surface area contributed by atoms with E-state index in [2.05, 4.69) is 20.9 Å². The summed E-state index contributed by atoms with van der Waals surface area (Å²) >= 11 is 3.22. The predicted molar refractivity (Wildman–Crippen MR) is 95.0 cm³/mol. The number of methoxy groups -OCH3 is 1. The number of pyridine rings is 1. The maximum atomic E-state index is 11.7. The molecule has 0 spiro atoms. The molecule has 0 aliphatic heterocycles. The zero-order valence-electron chi connectivity index (χ0n) is 13.8. The van der Waals surface area contributed by atoms with Gasteiger partial charge in [-0.25, -0.2) is 9.78 Å². The summed E-state index contributed by atoms with van der Waals surface area (Å²) in [5.74, 6) is 0.563. The second-order valence-electron chi connectivity index (χ2n) is 5.06. The Morgan fingerprint density at radius 1 is 1.17 bits per heavy atom. The summed E-state index contributed by atoms with van der Waals surface area (Å²) in [4.78, 5) is 17.8. The zero-order chi connectivity index (χ0) is 17.5. The Labute approximate surface area is 149 Å². The first-order valence-corrected chi connectivity index (χ1v) is 8.08. The van der Waals surface area contributed by atoms with Gasteiger partial charge in [-0.3, -0.25) is 0 Å². The highest BCUT2D eigenvalue weighted by molar-refractivity contribution is 9.10. The van der Waals surface area contributed by atoms with Crippen molar-refractivity contribution < 1.29 is 19.0 Å². The van der Waals surface area contributed by atoms with Gasteiger partial charge in [0.05, 0.1) is 7.11 Å². The molecule has 0 unspecified atom stereocenters. The average molecular weight is 395 g/mol. The third-order valence-corrected chi connectivity index (χ3v) is 3.59. The van der Waals surface area contributed by atoms with E-state index in [1.54, 1.807) is 12.1 Å². The second-order valence-corrected chi connectivity index (χ2v) is 5.87. The SMILES string of the molecule is COC(=O)c1nc(Br)ccc1OCCOc1cccc(N(C)C)c1. The van der Waals surface area contributed by atoms with Gasteiger partial charge in [0.25, 0.3) is 0 Å². The number of hydrogen-bond donors (Lipinski definition) is 0. The number of halogens is 1. The Kier molecular flexibility index (Phi) is 6.43. The minimum absolute atomic E-state index is 0.126. The Morgan fingerprint density at radius 2 is 1.92 bits per heavy atom. The lowest BCUT2D eigenvalue weighted by atomic mass is 10.3. The van der Waals surface area contributed by atoms with Gasteiger partial charge in [0.2, 0.25) is 0 Å². The molecule has 0 atom stereocenters. The van der Waals surface area contributed by atoms with Gasteiger partial charge in [-0.2, -0.15) is 0 Å². The van der Waals surface area contributed by atoms with E-state index in [0.717, 1.165) is 11.4 Å². The number of hydrogen-bond acceptors (Lipinski definition) is 6. The monoisotopic (exact) mass is 394 g/mol. The molecule has 1 aromatic heterocycles. The Hall–Kier alpha value is -2.28. The number of carbonyl (C=O) groups excluding carboxylic acids is 1. The molecule has 24 heavy (non-hydrogen) atoms. The molecule has 2 rings (SSSR count). The number of aromatic nitrogens is 1. The summed E-state index contributed by atoms with van der Waals surface area (Å²) in [6.07, 6.45) is 0. The van der Waals surface area contributed by atoms with Gasteiger partial charge in [-0.05, 0) is 40.2 Å².